The molecule has 1 aliphatic carbocycles. The Bertz CT molecular complexity index is 995. The predicted molar refractivity (Wildman–Crippen MR) is 115 cm³/mol. The fourth-order valence-corrected chi connectivity index (χ4v) is 3.44. The fourth-order valence-electron chi connectivity index (χ4n) is 3.44. The highest BCUT2D eigenvalue weighted by molar-refractivity contribution is 5.94. The maximum absolute atomic E-state index is 11.4. The Labute approximate surface area is 177 Å². The van der Waals surface area contributed by atoms with Crippen LogP contribution in [0.15, 0.2) is 52.9 Å². The molecule has 30 heavy (non-hydrogen) atoms. The van der Waals surface area contributed by atoms with Crippen LogP contribution < -0.4 is 5.32 Å². The first-order valence-electron chi connectivity index (χ1n) is 10.3. The first-order chi connectivity index (χ1) is 14.6. The third kappa shape index (κ3) is 5.32. The molecule has 1 aromatic heterocycles. The molecule has 1 amide bonds. The standard InChI is InChI=1S/C15H12N2O.C9H14N2O/c1-17-15(18)14-8-6-13(7-9-14)12-4-2-11(10-16)3-5-12;1-2-8-10-11-9(12-8)7-5-3-4-6-7/h2-9H,1H3,(H,17,18);7H,2-6H2,1H3. The monoisotopic (exact) mass is 402 g/mol. The van der Waals surface area contributed by atoms with Gasteiger partial charge in [-0.3, -0.25) is 4.79 Å². The second-order valence-electron chi connectivity index (χ2n) is 7.21. The zero-order chi connectivity index (χ0) is 21.3. The van der Waals surface area contributed by atoms with E-state index in [4.69, 9.17) is 9.68 Å². The molecule has 0 aliphatic heterocycles. The van der Waals surface area contributed by atoms with Crippen molar-refractivity contribution in [1.29, 1.82) is 5.26 Å². The van der Waals surface area contributed by atoms with Gasteiger partial charge in [0.05, 0.1) is 11.6 Å². The van der Waals surface area contributed by atoms with E-state index in [2.05, 4.69) is 21.6 Å². The van der Waals surface area contributed by atoms with E-state index in [0.29, 0.717) is 17.0 Å². The number of rotatable bonds is 4. The minimum absolute atomic E-state index is 0.0959. The highest BCUT2D eigenvalue weighted by Gasteiger charge is 2.22. The van der Waals surface area contributed by atoms with Gasteiger partial charge in [0, 0.05) is 24.9 Å². The summed E-state index contributed by atoms with van der Waals surface area (Å²) in [7, 11) is 1.61. The number of nitrogens with zero attached hydrogens (tertiary/aromatic N) is 3. The van der Waals surface area contributed by atoms with Crippen molar-refractivity contribution in [2.45, 2.75) is 44.9 Å². The number of hydrogen-bond donors (Lipinski definition) is 1. The molecule has 0 radical (unpaired) electrons. The number of hydrogen-bond acceptors (Lipinski definition) is 5. The number of aryl methyl sites for hydroxylation is 1. The number of amides is 1. The average molecular weight is 402 g/mol. The lowest BCUT2D eigenvalue weighted by Crippen LogP contribution is -2.17. The Morgan fingerprint density at radius 3 is 2.17 bits per heavy atom. The molecule has 154 valence electrons. The Hall–Kier alpha value is -3.46. The van der Waals surface area contributed by atoms with E-state index in [9.17, 15) is 4.79 Å². The van der Waals surface area contributed by atoms with Crippen LogP contribution in [0.1, 0.15) is 66.2 Å². The van der Waals surface area contributed by atoms with E-state index in [1.807, 2.05) is 31.2 Å². The summed E-state index contributed by atoms with van der Waals surface area (Å²) >= 11 is 0. The fraction of sp³-hybridized carbons (Fsp3) is 0.333. The molecule has 0 unspecified atom stereocenters. The quantitative estimate of drug-likeness (QED) is 0.672. The number of nitriles is 1. The molecule has 1 heterocycles. The van der Waals surface area contributed by atoms with E-state index in [1.165, 1.54) is 25.7 Å². The van der Waals surface area contributed by atoms with Crippen LogP contribution in [0.25, 0.3) is 11.1 Å². The summed E-state index contributed by atoms with van der Waals surface area (Å²) in [4.78, 5) is 11.4. The van der Waals surface area contributed by atoms with Crippen LogP contribution in [0.2, 0.25) is 0 Å². The van der Waals surface area contributed by atoms with Gasteiger partial charge in [-0.1, -0.05) is 44.0 Å². The highest BCUT2D eigenvalue weighted by atomic mass is 16.4. The van der Waals surface area contributed by atoms with Crippen molar-refractivity contribution in [3.05, 3.63) is 71.4 Å². The maximum Gasteiger partial charge on any atom is 0.251 e. The van der Waals surface area contributed by atoms with Crippen LogP contribution >= 0.6 is 0 Å². The molecule has 3 aromatic rings. The van der Waals surface area contributed by atoms with Gasteiger partial charge in [0.2, 0.25) is 11.8 Å². The van der Waals surface area contributed by atoms with Gasteiger partial charge in [-0.05, 0) is 48.2 Å². The van der Waals surface area contributed by atoms with Gasteiger partial charge in [0.15, 0.2) is 0 Å². The molecule has 6 heteroatoms. The van der Waals surface area contributed by atoms with Crippen molar-refractivity contribution in [2.24, 2.45) is 0 Å². The molecule has 1 aliphatic rings. The summed E-state index contributed by atoms with van der Waals surface area (Å²) in [5.74, 6) is 2.10. The molecule has 1 saturated carbocycles. The van der Waals surface area contributed by atoms with E-state index < -0.39 is 0 Å². The van der Waals surface area contributed by atoms with Gasteiger partial charge in [-0.15, -0.1) is 10.2 Å². The number of benzene rings is 2. The summed E-state index contributed by atoms with van der Waals surface area (Å²) in [6, 6.07) is 16.8. The molecular weight excluding hydrogens is 376 g/mol. The zero-order valence-electron chi connectivity index (χ0n) is 17.4. The molecule has 1 fully saturated rings. The highest BCUT2D eigenvalue weighted by Crippen LogP contribution is 2.33. The second-order valence-corrected chi connectivity index (χ2v) is 7.21. The van der Waals surface area contributed by atoms with Crippen LogP contribution in [-0.2, 0) is 6.42 Å². The smallest absolute Gasteiger partial charge is 0.251 e. The number of carbonyl (C=O) groups is 1. The largest absolute Gasteiger partial charge is 0.425 e. The van der Waals surface area contributed by atoms with Crippen molar-refractivity contribution in [3.63, 3.8) is 0 Å². The topological polar surface area (TPSA) is 91.8 Å². The third-order valence-electron chi connectivity index (χ3n) is 5.21. The first-order valence-corrected chi connectivity index (χ1v) is 10.3. The van der Waals surface area contributed by atoms with Gasteiger partial charge >= 0.3 is 0 Å². The summed E-state index contributed by atoms with van der Waals surface area (Å²) in [5.41, 5.74) is 3.32. The second kappa shape index (κ2) is 10.4. The molecule has 2 aromatic carbocycles. The van der Waals surface area contributed by atoms with Crippen molar-refractivity contribution in [3.8, 4) is 17.2 Å². The van der Waals surface area contributed by atoms with Crippen LogP contribution in [0.5, 0.6) is 0 Å². The van der Waals surface area contributed by atoms with E-state index in [1.54, 1.807) is 31.3 Å². The van der Waals surface area contributed by atoms with Gasteiger partial charge < -0.3 is 9.73 Å². The van der Waals surface area contributed by atoms with Gasteiger partial charge in [0.1, 0.15) is 0 Å². The summed E-state index contributed by atoms with van der Waals surface area (Å²) in [5, 5.41) is 19.3. The molecule has 4 rings (SSSR count). The zero-order valence-corrected chi connectivity index (χ0v) is 17.4. The summed E-state index contributed by atoms with van der Waals surface area (Å²) in [6.45, 7) is 2.03. The number of aromatic nitrogens is 2. The molecule has 1 N–H and O–H groups in total. The van der Waals surface area contributed by atoms with Crippen molar-refractivity contribution in [1.82, 2.24) is 15.5 Å². The number of nitrogens with one attached hydrogen (secondary N) is 1. The summed E-state index contributed by atoms with van der Waals surface area (Å²) in [6.07, 6.45) is 5.93. The Balaban J connectivity index is 0.000000184. The Kier molecular flexibility index (Phi) is 7.34. The summed E-state index contributed by atoms with van der Waals surface area (Å²) < 4.78 is 5.49. The van der Waals surface area contributed by atoms with Crippen LogP contribution in [0.4, 0.5) is 0 Å². The Morgan fingerprint density at radius 1 is 1.07 bits per heavy atom. The van der Waals surface area contributed by atoms with Crippen molar-refractivity contribution < 1.29 is 9.21 Å². The minimum atomic E-state index is -0.0959. The van der Waals surface area contributed by atoms with E-state index in [0.717, 1.165) is 29.3 Å². The minimum Gasteiger partial charge on any atom is -0.425 e. The molecule has 6 nitrogen and oxygen atoms in total. The van der Waals surface area contributed by atoms with Gasteiger partial charge in [-0.25, -0.2) is 0 Å². The predicted octanol–water partition coefficient (Wildman–Crippen LogP) is 4.87. The molecule has 0 spiro atoms. The molecular formula is C24H26N4O2. The third-order valence-corrected chi connectivity index (χ3v) is 5.21. The van der Waals surface area contributed by atoms with Gasteiger partial charge in [-0.2, -0.15) is 5.26 Å². The first kappa shape index (κ1) is 21.3. The van der Waals surface area contributed by atoms with Crippen molar-refractivity contribution in [2.75, 3.05) is 7.05 Å². The normalized spacial score (nSPS) is 13.2. The van der Waals surface area contributed by atoms with E-state index >= 15 is 0 Å². The maximum atomic E-state index is 11.4. The molecule has 0 saturated heterocycles. The van der Waals surface area contributed by atoms with Crippen LogP contribution in [0, 0.1) is 11.3 Å². The lowest BCUT2D eigenvalue weighted by molar-refractivity contribution is 0.0963. The van der Waals surface area contributed by atoms with Crippen molar-refractivity contribution >= 4 is 5.91 Å². The number of carbonyl (C=O) groups excluding carboxylic acids is 1. The molecule has 0 atom stereocenters. The Morgan fingerprint density at radius 2 is 1.67 bits per heavy atom. The van der Waals surface area contributed by atoms with Crippen LogP contribution in [-0.4, -0.2) is 23.2 Å². The van der Waals surface area contributed by atoms with Gasteiger partial charge in [0.25, 0.3) is 5.91 Å². The van der Waals surface area contributed by atoms with E-state index in [-0.39, 0.29) is 5.91 Å². The average Bonchev–Trinajstić information content (AvgIpc) is 3.51. The van der Waals surface area contributed by atoms with Crippen LogP contribution in [0.3, 0.4) is 0 Å². The SMILES string of the molecule is CCc1nnc(C2CCCC2)o1.CNC(=O)c1ccc(-c2ccc(C#N)cc2)cc1. The lowest BCUT2D eigenvalue weighted by Gasteiger charge is -2.03. The molecule has 0 bridgehead atoms. The lowest BCUT2D eigenvalue weighted by atomic mass is 10.0.